The van der Waals surface area contributed by atoms with Gasteiger partial charge in [0.2, 0.25) is 17.7 Å². The van der Waals surface area contributed by atoms with E-state index in [2.05, 4.69) is 0 Å². The third kappa shape index (κ3) is 4.40. The lowest BCUT2D eigenvalue weighted by Gasteiger charge is -2.38. The second-order valence-electron chi connectivity index (χ2n) is 11.5. The van der Waals surface area contributed by atoms with E-state index >= 15 is 0 Å². The summed E-state index contributed by atoms with van der Waals surface area (Å²) in [5.74, 6) is -2.64. The number of aliphatic hydroxyl groups excluding tert-OH is 1. The summed E-state index contributed by atoms with van der Waals surface area (Å²) in [6, 6.07) is 26.5. The number of aliphatic hydroxyl groups is 1. The molecule has 7 rings (SSSR count). The highest BCUT2D eigenvalue weighted by atomic mass is 16.5. The molecule has 1 spiro atoms. The van der Waals surface area contributed by atoms with Crippen LogP contribution < -0.4 is 4.90 Å². The van der Waals surface area contributed by atoms with Crippen molar-refractivity contribution in [3.05, 3.63) is 126 Å². The zero-order chi connectivity index (χ0) is 29.6. The van der Waals surface area contributed by atoms with Crippen molar-refractivity contribution in [3.8, 4) is 0 Å². The third-order valence-electron chi connectivity index (χ3n) is 9.16. The van der Waals surface area contributed by atoms with Gasteiger partial charge in [0, 0.05) is 25.3 Å². The zero-order valence-corrected chi connectivity index (χ0v) is 23.6. The molecule has 3 aromatic rings. The quantitative estimate of drug-likeness (QED) is 0.455. The van der Waals surface area contributed by atoms with Crippen LogP contribution in [0.25, 0.3) is 0 Å². The summed E-state index contributed by atoms with van der Waals surface area (Å²) in [4.78, 5) is 48.6. The predicted molar refractivity (Wildman–Crippen MR) is 160 cm³/mol. The van der Waals surface area contributed by atoms with Crippen LogP contribution in [0.15, 0.2) is 115 Å². The van der Waals surface area contributed by atoms with Crippen molar-refractivity contribution in [1.29, 1.82) is 0 Å². The summed E-state index contributed by atoms with van der Waals surface area (Å²) in [6.07, 6.45) is 6.80. The van der Waals surface area contributed by atoms with Crippen molar-refractivity contribution in [2.75, 3.05) is 24.6 Å². The van der Waals surface area contributed by atoms with Crippen molar-refractivity contribution in [1.82, 2.24) is 9.80 Å². The minimum absolute atomic E-state index is 0.219. The van der Waals surface area contributed by atoms with Crippen LogP contribution in [0.1, 0.15) is 17.2 Å². The molecule has 0 radical (unpaired) electrons. The molecule has 0 saturated carbocycles. The average molecular weight is 576 g/mol. The molecule has 0 aliphatic carbocycles. The van der Waals surface area contributed by atoms with Gasteiger partial charge in [-0.15, -0.1) is 0 Å². The van der Waals surface area contributed by atoms with Gasteiger partial charge in [0.05, 0.1) is 30.6 Å². The molecule has 8 heteroatoms. The molecule has 4 heterocycles. The molecular weight excluding hydrogens is 542 g/mol. The van der Waals surface area contributed by atoms with Crippen LogP contribution in [-0.4, -0.2) is 70.1 Å². The number of ether oxygens (including phenoxy) is 1. The van der Waals surface area contributed by atoms with Crippen molar-refractivity contribution in [2.24, 2.45) is 11.8 Å². The Hall–Kier alpha value is -4.53. The normalized spacial score (nSPS) is 28.8. The number of para-hydroxylation sites is 1. The maximum absolute atomic E-state index is 14.7. The fourth-order valence-electron chi connectivity index (χ4n) is 7.27. The van der Waals surface area contributed by atoms with Gasteiger partial charge in [-0.2, -0.15) is 0 Å². The molecule has 6 atom stereocenters. The Morgan fingerprint density at radius 2 is 1.49 bits per heavy atom. The minimum Gasteiger partial charge on any atom is -0.394 e. The molecule has 2 saturated heterocycles. The molecule has 1 unspecified atom stereocenters. The molecule has 3 aromatic carbocycles. The number of carbonyl (C=O) groups is 3. The number of anilines is 1. The van der Waals surface area contributed by atoms with Crippen LogP contribution >= 0.6 is 0 Å². The topological polar surface area (TPSA) is 90.4 Å². The highest BCUT2D eigenvalue weighted by Crippen LogP contribution is 2.55. The van der Waals surface area contributed by atoms with E-state index in [-0.39, 0.29) is 24.3 Å². The van der Waals surface area contributed by atoms with Gasteiger partial charge in [0.25, 0.3) is 0 Å². The monoisotopic (exact) mass is 575 g/mol. The summed E-state index contributed by atoms with van der Waals surface area (Å²) >= 11 is 0. The molecule has 0 bridgehead atoms. The van der Waals surface area contributed by atoms with E-state index in [1.165, 1.54) is 4.90 Å². The Bertz CT molecular complexity index is 1580. The average Bonchev–Trinajstić information content (AvgIpc) is 3.36. The van der Waals surface area contributed by atoms with E-state index in [1.54, 1.807) is 9.80 Å². The van der Waals surface area contributed by atoms with E-state index in [0.717, 1.165) is 11.3 Å². The summed E-state index contributed by atoms with van der Waals surface area (Å²) in [6.45, 7) is 0.645. The fraction of sp³-hybridized carbons (Fsp3) is 0.286. The van der Waals surface area contributed by atoms with Crippen LogP contribution in [0.2, 0.25) is 0 Å². The van der Waals surface area contributed by atoms with Gasteiger partial charge in [0.15, 0.2) is 0 Å². The van der Waals surface area contributed by atoms with Gasteiger partial charge in [0.1, 0.15) is 11.6 Å². The van der Waals surface area contributed by atoms with Crippen LogP contribution in [0, 0.1) is 11.8 Å². The largest absolute Gasteiger partial charge is 0.394 e. The Balaban J connectivity index is 1.34. The maximum atomic E-state index is 14.7. The van der Waals surface area contributed by atoms with Crippen LogP contribution in [-0.2, 0) is 25.7 Å². The summed E-state index contributed by atoms with van der Waals surface area (Å²) in [7, 11) is 0. The highest BCUT2D eigenvalue weighted by Gasteiger charge is 2.72. The molecule has 1 N–H and O–H groups in total. The number of amides is 3. The Morgan fingerprint density at radius 1 is 0.814 bits per heavy atom. The van der Waals surface area contributed by atoms with Crippen LogP contribution in [0.4, 0.5) is 5.69 Å². The number of hydrogen-bond acceptors (Lipinski definition) is 5. The predicted octanol–water partition coefficient (Wildman–Crippen LogP) is 3.50. The molecule has 8 nitrogen and oxygen atoms in total. The van der Waals surface area contributed by atoms with Crippen molar-refractivity contribution in [2.45, 2.75) is 30.3 Å². The van der Waals surface area contributed by atoms with Gasteiger partial charge in [-0.3, -0.25) is 14.4 Å². The smallest absolute Gasteiger partial charge is 0.249 e. The zero-order valence-electron chi connectivity index (χ0n) is 23.6. The number of hydrogen-bond donors (Lipinski definition) is 1. The van der Waals surface area contributed by atoms with Crippen LogP contribution in [0.5, 0.6) is 0 Å². The molecule has 218 valence electrons. The van der Waals surface area contributed by atoms with E-state index in [4.69, 9.17) is 4.74 Å². The lowest BCUT2D eigenvalue weighted by Crippen LogP contribution is -2.56. The third-order valence-corrected chi connectivity index (χ3v) is 9.16. The number of likely N-dealkylation sites (tertiary alicyclic amines) is 1. The number of nitrogens with zero attached hydrogens (tertiary/aromatic N) is 3. The van der Waals surface area contributed by atoms with E-state index in [1.807, 2.05) is 115 Å². The number of carbonyl (C=O) groups excluding carboxylic acids is 3. The summed E-state index contributed by atoms with van der Waals surface area (Å²) in [5.41, 5.74) is 1.02. The van der Waals surface area contributed by atoms with E-state index in [0.29, 0.717) is 25.2 Å². The molecule has 4 aliphatic rings. The van der Waals surface area contributed by atoms with Gasteiger partial charge in [-0.1, -0.05) is 103 Å². The fourth-order valence-corrected chi connectivity index (χ4v) is 7.27. The van der Waals surface area contributed by atoms with Crippen molar-refractivity contribution >= 4 is 23.4 Å². The molecule has 0 aromatic heterocycles. The summed E-state index contributed by atoms with van der Waals surface area (Å²) < 4.78 is 6.78. The van der Waals surface area contributed by atoms with Crippen molar-refractivity contribution in [3.63, 3.8) is 0 Å². The standard InChI is InChI=1S/C35H33N3O5/c39-23-27(25-14-6-2-7-15-25)38-31-34(42)36(22-24-12-4-1-5-13-24)20-11-19-35(31)30(33(38)41)29-28(43-35)18-10-21-37(32(29)40)26-16-8-3-9-17-26/h1-19,27-31,39H,20-23H2/t27-,28+,29-,30+,31?,35+/m1/s1. The number of rotatable bonds is 6. The second kappa shape index (κ2) is 10.9. The second-order valence-corrected chi connectivity index (χ2v) is 11.5. The van der Waals surface area contributed by atoms with Gasteiger partial charge in [-0.25, -0.2) is 0 Å². The van der Waals surface area contributed by atoms with Gasteiger partial charge < -0.3 is 24.5 Å². The molecular formula is C35H33N3O5. The van der Waals surface area contributed by atoms with Crippen molar-refractivity contribution < 1.29 is 24.2 Å². The van der Waals surface area contributed by atoms with Gasteiger partial charge >= 0.3 is 0 Å². The first kappa shape index (κ1) is 27.3. The SMILES string of the molecule is O=C1C2N([C@H](CO)c3ccccc3)C(=O)[C@@H]3[C@@H]4C(=O)N(c5ccccc5)CC=C[C@@H]4O[C@]23C=CCN1Cc1ccccc1. The first-order valence-electron chi connectivity index (χ1n) is 14.7. The van der Waals surface area contributed by atoms with Gasteiger partial charge in [-0.05, 0) is 23.3 Å². The lowest BCUT2D eigenvalue weighted by molar-refractivity contribution is -0.150. The maximum Gasteiger partial charge on any atom is 0.249 e. The van der Waals surface area contributed by atoms with Crippen LogP contribution in [0.3, 0.4) is 0 Å². The number of benzene rings is 3. The molecule has 2 fully saturated rings. The molecule has 3 amide bonds. The first-order valence-corrected chi connectivity index (χ1v) is 14.7. The summed E-state index contributed by atoms with van der Waals surface area (Å²) in [5, 5.41) is 10.7. The molecule has 43 heavy (non-hydrogen) atoms. The Kier molecular flexibility index (Phi) is 6.95. The van der Waals surface area contributed by atoms with E-state index < -0.39 is 35.6 Å². The Morgan fingerprint density at radius 3 is 2.19 bits per heavy atom. The first-order chi connectivity index (χ1) is 21.0. The highest BCUT2D eigenvalue weighted by molar-refractivity contribution is 6.04. The van der Waals surface area contributed by atoms with E-state index in [9.17, 15) is 19.5 Å². The minimum atomic E-state index is -1.38. The Labute approximate surface area is 250 Å². The lowest BCUT2D eigenvalue weighted by atomic mass is 9.77. The number of fused-ring (bicyclic) bond motifs is 2. The molecule has 4 aliphatic heterocycles.